The van der Waals surface area contributed by atoms with Crippen LogP contribution in [0.5, 0.6) is 0 Å². The topological polar surface area (TPSA) is 26.0 Å². The summed E-state index contributed by atoms with van der Waals surface area (Å²) in [5, 5.41) is 0. The van der Waals surface area contributed by atoms with Gasteiger partial charge in [-0.3, -0.25) is 0 Å². The van der Waals surface area contributed by atoms with E-state index >= 15 is 0 Å². The fraction of sp³-hybridized carbons (Fsp3) is 0.294. The van der Waals surface area contributed by atoms with Gasteiger partial charge in [-0.05, 0) is 42.0 Å². The van der Waals surface area contributed by atoms with Crippen molar-refractivity contribution in [3.05, 3.63) is 69.4 Å². The van der Waals surface area contributed by atoms with Crippen LogP contribution in [0.1, 0.15) is 47.9 Å². The third kappa shape index (κ3) is 2.65. The van der Waals surface area contributed by atoms with Crippen LogP contribution in [0.15, 0.2) is 46.9 Å². The minimum atomic E-state index is -0.414. The molecule has 3 heteroatoms. The molecule has 1 aliphatic rings. The van der Waals surface area contributed by atoms with Gasteiger partial charge in [0.05, 0.1) is 6.04 Å². The van der Waals surface area contributed by atoms with Crippen molar-refractivity contribution < 1.29 is 4.39 Å². The normalized spacial score (nSPS) is 16.8. The summed E-state index contributed by atoms with van der Waals surface area (Å²) in [4.78, 5) is 0. The molecule has 1 saturated carbocycles. The Morgan fingerprint density at radius 3 is 2.60 bits per heavy atom. The van der Waals surface area contributed by atoms with Gasteiger partial charge in [0.25, 0.3) is 0 Å². The van der Waals surface area contributed by atoms with Crippen LogP contribution in [-0.2, 0) is 0 Å². The Kier molecular flexibility index (Phi) is 3.90. The molecule has 1 aliphatic carbocycles. The van der Waals surface area contributed by atoms with Gasteiger partial charge in [0.2, 0.25) is 0 Å². The molecule has 0 amide bonds. The zero-order chi connectivity index (χ0) is 14.1. The molecule has 0 heterocycles. The van der Waals surface area contributed by atoms with Crippen molar-refractivity contribution in [2.45, 2.75) is 31.2 Å². The van der Waals surface area contributed by atoms with E-state index in [4.69, 9.17) is 5.73 Å². The molecule has 3 rings (SSSR count). The number of halogens is 2. The first-order chi connectivity index (χ1) is 9.65. The Balaban J connectivity index is 1.91. The zero-order valence-electron chi connectivity index (χ0n) is 11.2. The Labute approximate surface area is 127 Å². The summed E-state index contributed by atoms with van der Waals surface area (Å²) >= 11 is 3.27. The van der Waals surface area contributed by atoms with E-state index in [2.05, 4.69) is 28.1 Å². The van der Waals surface area contributed by atoms with Crippen LogP contribution in [0.2, 0.25) is 0 Å². The number of hydrogen-bond acceptors (Lipinski definition) is 1. The van der Waals surface area contributed by atoms with Crippen LogP contribution in [-0.4, -0.2) is 0 Å². The Bertz CT molecular complexity index is 622. The fourth-order valence-electron chi connectivity index (χ4n) is 2.68. The van der Waals surface area contributed by atoms with E-state index in [9.17, 15) is 4.39 Å². The molecule has 1 nitrogen and oxygen atoms in total. The van der Waals surface area contributed by atoms with Crippen molar-refractivity contribution in [2.24, 2.45) is 5.73 Å². The number of hydrogen-bond donors (Lipinski definition) is 1. The maximum atomic E-state index is 14.0. The first-order valence-electron chi connectivity index (χ1n) is 6.95. The van der Waals surface area contributed by atoms with Crippen LogP contribution in [0.3, 0.4) is 0 Å². The zero-order valence-corrected chi connectivity index (χ0v) is 12.7. The van der Waals surface area contributed by atoms with Crippen LogP contribution in [0.25, 0.3) is 0 Å². The Morgan fingerprint density at radius 2 is 1.95 bits per heavy atom. The molecule has 1 atom stereocenters. The second-order valence-corrected chi connectivity index (χ2v) is 6.36. The molecule has 104 valence electrons. The lowest BCUT2D eigenvalue weighted by atomic mass is 9.79. The van der Waals surface area contributed by atoms with E-state index in [-0.39, 0.29) is 5.82 Å². The van der Waals surface area contributed by atoms with Gasteiger partial charge < -0.3 is 5.73 Å². The van der Waals surface area contributed by atoms with Gasteiger partial charge in [0, 0.05) is 10.0 Å². The molecule has 0 spiro atoms. The SMILES string of the molecule is NC(c1cccc(C2CCC2)c1)c1ccc(Br)cc1F. The fourth-order valence-corrected chi connectivity index (χ4v) is 3.01. The van der Waals surface area contributed by atoms with Crippen molar-refractivity contribution in [3.8, 4) is 0 Å². The largest absolute Gasteiger partial charge is 0.320 e. The van der Waals surface area contributed by atoms with Crippen molar-refractivity contribution in [2.75, 3.05) is 0 Å². The molecule has 0 saturated heterocycles. The van der Waals surface area contributed by atoms with Crippen molar-refractivity contribution >= 4 is 15.9 Å². The van der Waals surface area contributed by atoms with E-state index < -0.39 is 6.04 Å². The summed E-state index contributed by atoms with van der Waals surface area (Å²) in [6.45, 7) is 0. The minimum absolute atomic E-state index is 0.263. The van der Waals surface area contributed by atoms with E-state index in [1.165, 1.54) is 30.9 Å². The highest BCUT2D eigenvalue weighted by Gasteiger charge is 2.21. The van der Waals surface area contributed by atoms with E-state index in [0.717, 1.165) is 10.0 Å². The summed E-state index contributed by atoms with van der Waals surface area (Å²) in [7, 11) is 0. The average molecular weight is 334 g/mol. The molecule has 0 aromatic heterocycles. The van der Waals surface area contributed by atoms with Crippen LogP contribution < -0.4 is 5.73 Å². The first kappa shape index (κ1) is 13.8. The molecule has 2 N–H and O–H groups in total. The van der Waals surface area contributed by atoms with Crippen LogP contribution in [0.4, 0.5) is 4.39 Å². The molecule has 0 bridgehead atoms. The maximum Gasteiger partial charge on any atom is 0.129 e. The predicted octanol–water partition coefficient (Wildman–Crippen LogP) is 4.90. The molecule has 1 fully saturated rings. The summed E-state index contributed by atoms with van der Waals surface area (Å²) in [5.41, 5.74) is 9.10. The van der Waals surface area contributed by atoms with Crippen molar-refractivity contribution in [1.29, 1.82) is 0 Å². The van der Waals surface area contributed by atoms with Gasteiger partial charge >= 0.3 is 0 Å². The van der Waals surface area contributed by atoms with Gasteiger partial charge in [-0.25, -0.2) is 4.39 Å². The molecule has 0 radical (unpaired) electrons. The molecule has 0 aliphatic heterocycles. The van der Waals surface area contributed by atoms with E-state index in [0.29, 0.717) is 11.5 Å². The lowest BCUT2D eigenvalue weighted by Gasteiger charge is -2.26. The molecular weight excluding hydrogens is 317 g/mol. The van der Waals surface area contributed by atoms with Gasteiger partial charge in [-0.2, -0.15) is 0 Å². The quantitative estimate of drug-likeness (QED) is 0.848. The third-order valence-corrected chi connectivity index (χ3v) is 4.64. The Hall–Kier alpha value is -1.19. The predicted molar refractivity (Wildman–Crippen MR) is 83.2 cm³/mol. The van der Waals surface area contributed by atoms with Crippen molar-refractivity contribution in [3.63, 3.8) is 0 Å². The summed E-state index contributed by atoms with van der Waals surface area (Å²) in [6.07, 6.45) is 3.82. The highest BCUT2D eigenvalue weighted by Crippen LogP contribution is 2.37. The number of rotatable bonds is 3. The maximum absolute atomic E-state index is 14.0. The Morgan fingerprint density at radius 1 is 1.15 bits per heavy atom. The number of nitrogens with two attached hydrogens (primary N) is 1. The monoisotopic (exact) mass is 333 g/mol. The van der Waals surface area contributed by atoms with Gasteiger partial charge in [0.15, 0.2) is 0 Å². The molecular formula is C17H17BrFN. The molecule has 2 aromatic carbocycles. The number of benzene rings is 2. The van der Waals surface area contributed by atoms with E-state index in [1.54, 1.807) is 6.07 Å². The first-order valence-corrected chi connectivity index (χ1v) is 7.75. The second kappa shape index (κ2) is 5.66. The van der Waals surface area contributed by atoms with Gasteiger partial charge in [-0.1, -0.05) is 52.7 Å². The highest BCUT2D eigenvalue weighted by atomic mass is 79.9. The van der Waals surface area contributed by atoms with Gasteiger partial charge in [0.1, 0.15) is 5.82 Å². The summed E-state index contributed by atoms with van der Waals surface area (Å²) < 4.78 is 14.7. The summed E-state index contributed by atoms with van der Waals surface area (Å²) in [5.74, 6) is 0.401. The van der Waals surface area contributed by atoms with Crippen LogP contribution >= 0.6 is 15.9 Å². The molecule has 2 aromatic rings. The standard InChI is InChI=1S/C17H17BrFN/c18-14-7-8-15(16(19)10-14)17(20)13-6-2-5-12(9-13)11-3-1-4-11/h2,5-11,17H,1,3-4,20H2. The third-order valence-electron chi connectivity index (χ3n) is 4.14. The minimum Gasteiger partial charge on any atom is -0.320 e. The smallest absolute Gasteiger partial charge is 0.129 e. The lowest BCUT2D eigenvalue weighted by Crippen LogP contribution is -2.15. The van der Waals surface area contributed by atoms with Crippen LogP contribution in [0, 0.1) is 5.82 Å². The second-order valence-electron chi connectivity index (χ2n) is 5.44. The molecule has 1 unspecified atom stereocenters. The average Bonchev–Trinajstić information content (AvgIpc) is 2.36. The summed E-state index contributed by atoms with van der Waals surface area (Å²) in [6, 6.07) is 12.9. The lowest BCUT2D eigenvalue weighted by molar-refractivity contribution is 0.419. The van der Waals surface area contributed by atoms with Crippen molar-refractivity contribution in [1.82, 2.24) is 0 Å². The molecule has 20 heavy (non-hydrogen) atoms. The van der Waals surface area contributed by atoms with E-state index in [1.807, 2.05) is 18.2 Å². The van der Waals surface area contributed by atoms with Gasteiger partial charge in [-0.15, -0.1) is 0 Å². The highest BCUT2D eigenvalue weighted by molar-refractivity contribution is 9.10.